The minimum absolute atomic E-state index is 0.149. The number of hydrogen-bond donors (Lipinski definition) is 1. The Morgan fingerprint density at radius 3 is 2.68 bits per heavy atom. The van der Waals surface area contributed by atoms with Crippen molar-refractivity contribution in [2.75, 3.05) is 11.9 Å². The minimum Gasteiger partial charge on any atom is -0.340 e. The first kappa shape index (κ1) is 14.6. The predicted octanol–water partition coefficient (Wildman–Crippen LogP) is 3.90. The van der Waals surface area contributed by atoms with Crippen LogP contribution in [0.25, 0.3) is 0 Å². The summed E-state index contributed by atoms with van der Waals surface area (Å²) in [6, 6.07) is 14.2. The standard InChI is InChI=1S/C18H21N3O/c1-14(22)21-12-6-5-9-17(21)15-10-11-18(19-13-15)20-16-7-3-2-4-8-16/h2-4,7-8,10-11,13,17H,5-6,9,12H2,1H3,(H,19,20)/t17-/m0/s1. The van der Waals surface area contributed by atoms with Crippen LogP contribution in [0.5, 0.6) is 0 Å². The lowest BCUT2D eigenvalue weighted by Gasteiger charge is -2.35. The molecule has 2 heterocycles. The number of para-hydroxylation sites is 1. The van der Waals surface area contributed by atoms with Crippen molar-refractivity contribution in [2.45, 2.75) is 32.2 Å². The first-order chi connectivity index (χ1) is 10.7. The van der Waals surface area contributed by atoms with Crippen molar-refractivity contribution in [2.24, 2.45) is 0 Å². The van der Waals surface area contributed by atoms with Crippen molar-refractivity contribution >= 4 is 17.4 Å². The monoisotopic (exact) mass is 295 g/mol. The molecule has 0 aliphatic carbocycles. The van der Waals surface area contributed by atoms with Gasteiger partial charge in [0.15, 0.2) is 0 Å². The fourth-order valence-corrected chi connectivity index (χ4v) is 3.00. The number of carbonyl (C=O) groups is 1. The van der Waals surface area contributed by atoms with E-state index in [4.69, 9.17) is 0 Å². The van der Waals surface area contributed by atoms with Crippen molar-refractivity contribution in [1.29, 1.82) is 0 Å². The second kappa shape index (κ2) is 6.60. The third-order valence-electron chi connectivity index (χ3n) is 4.12. The maximum atomic E-state index is 11.8. The van der Waals surface area contributed by atoms with Gasteiger partial charge < -0.3 is 10.2 Å². The summed E-state index contributed by atoms with van der Waals surface area (Å²) in [7, 11) is 0. The van der Waals surface area contributed by atoms with E-state index in [0.29, 0.717) is 0 Å². The van der Waals surface area contributed by atoms with Gasteiger partial charge in [0.1, 0.15) is 5.82 Å². The fraction of sp³-hybridized carbons (Fsp3) is 0.333. The van der Waals surface area contributed by atoms with E-state index in [9.17, 15) is 4.79 Å². The number of carbonyl (C=O) groups excluding carboxylic acids is 1. The molecule has 1 aromatic carbocycles. The number of amides is 1. The van der Waals surface area contributed by atoms with Crippen LogP contribution in [0.2, 0.25) is 0 Å². The van der Waals surface area contributed by atoms with E-state index < -0.39 is 0 Å². The summed E-state index contributed by atoms with van der Waals surface area (Å²) >= 11 is 0. The molecule has 1 fully saturated rings. The van der Waals surface area contributed by atoms with Gasteiger partial charge in [0.05, 0.1) is 6.04 Å². The third-order valence-corrected chi connectivity index (χ3v) is 4.12. The zero-order chi connectivity index (χ0) is 15.4. The van der Waals surface area contributed by atoms with Gasteiger partial charge in [-0.25, -0.2) is 4.98 Å². The molecular formula is C18H21N3O. The summed E-state index contributed by atoms with van der Waals surface area (Å²) in [6.07, 6.45) is 5.17. The average molecular weight is 295 g/mol. The molecule has 2 aromatic rings. The smallest absolute Gasteiger partial charge is 0.219 e. The molecule has 1 saturated heterocycles. The van der Waals surface area contributed by atoms with Crippen LogP contribution in [-0.4, -0.2) is 22.3 Å². The Kier molecular flexibility index (Phi) is 4.37. The molecule has 1 atom stereocenters. The van der Waals surface area contributed by atoms with Gasteiger partial charge in [0.25, 0.3) is 0 Å². The van der Waals surface area contributed by atoms with Gasteiger partial charge in [-0.3, -0.25) is 4.79 Å². The second-order valence-electron chi connectivity index (χ2n) is 5.69. The molecule has 1 aliphatic heterocycles. The number of anilines is 2. The lowest BCUT2D eigenvalue weighted by Crippen LogP contribution is -2.36. The molecule has 1 aliphatic rings. The van der Waals surface area contributed by atoms with Crippen LogP contribution in [0.3, 0.4) is 0 Å². The number of hydrogen-bond acceptors (Lipinski definition) is 3. The molecule has 114 valence electrons. The number of nitrogens with zero attached hydrogens (tertiary/aromatic N) is 2. The summed E-state index contributed by atoms with van der Waals surface area (Å²) in [5.74, 6) is 0.969. The number of rotatable bonds is 3. The van der Waals surface area contributed by atoms with Crippen molar-refractivity contribution in [1.82, 2.24) is 9.88 Å². The summed E-state index contributed by atoms with van der Waals surface area (Å²) in [4.78, 5) is 18.2. The van der Waals surface area contributed by atoms with Crippen molar-refractivity contribution < 1.29 is 4.79 Å². The van der Waals surface area contributed by atoms with Gasteiger partial charge in [-0.2, -0.15) is 0 Å². The molecule has 0 unspecified atom stereocenters. The molecule has 0 radical (unpaired) electrons. The van der Waals surface area contributed by atoms with E-state index in [1.807, 2.05) is 47.5 Å². The molecule has 3 rings (SSSR count). The maximum Gasteiger partial charge on any atom is 0.219 e. The van der Waals surface area contributed by atoms with Gasteiger partial charge in [0, 0.05) is 25.4 Å². The largest absolute Gasteiger partial charge is 0.340 e. The SMILES string of the molecule is CC(=O)N1CCCC[C@H]1c1ccc(Nc2ccccc2)nc1. The number of benzene rings is 1. The molecule has 1 aromatic heterocycles. The number of pyridine rings is 1. The number of likely N-dealkylation sites (tertiary alicyclic amines) is 1. The van der Waals surface area contributed by atoms with Gasteiger partial charge in [-0.05, 0) is 43.0 Å². The lowest BCUT2D eigenvalue weighted by molar-refractivity contribution is -0.132. The Morgan fingerprint density at radius 1 is 1.18 bits per heavy atom. The Balaban J connectivity index is 1.74. The summed E-state index contributed by atoms with van der Waals surface area (Å²) in [6.45, 7) is 2.50. The van der Waals surface area contributed by atoms with E-state index in [-0.39, 0.29) is 11.9 Å². The van der Waals surface area contributed by atoms with Gasteiger partial charge in [0.2, 0.25) is 5.91 Å². The average Bonchev–Trinajstić information content (AvgIpc) is 2.56. The quantitative estimate of drug-likeness (QED) is 0.934. The molecule has 1 amide bonds. The first-order valence-corrected chi connectivity index (χ1v) is 7.79. The highest BCUT2D eigenvalue weighted by Crippen LogP contribution is 2.31. The van der Waals surface area contributed by atoms with E-state index >= 15 is 0 Å². The van der Waals surface area contributed by atoms with Crippen molar-refractivity contribution in [3.8, 4) is 0 Å². The number of aromatic nitrogens is 1. The highest BCUT2D eigenvalue weighted by atomic mass is 16.2. The summed E-state index contributed by atoms with van der Waals surface area (Å²) in [5.41, 5.74) is 2.14. The Hall–Kier alpha value is -2.36. The minimum atomic E-state index is 0.149. The molecule has 0 spiro atoms. The molecule has 0 bridgehead atoms. The molecule has 22 heavy (non-hydrogen) atoms. The zero-order valence-electron chi connectivity index (χ0n) is 12.8. The first-order valence-electron chi connectivity index (χ1n) is 7.79. The molecular weight excluding hydrogens is 274 g/mol. The van der Waals surface area contributed by atoms with Crippen LogP contribution in [0.1, 0.15) is 37.8 Å². The van der Waals surface area contributed by atoms with Gasteiger partial charge in [-0.15, -0.1) is 0 Å². The second-order valence-corrected chi connectivity index (χ2v) is 5.69. The van der Waals surface area contributed by atoms with Gasteiger partial charge in [-0.1, -0.05) is 24.3 Å². The summed E-state index contributed by atoms with van der Waals surface area (Å²) in [5, 5.41) is 3.28. The zero-order valence-corrected chi connectivity index (χ0v) is 12.8. The topological polar surface area (TPSA) is 45.2 Å². The van der Waals surface area contributed by atoms with Crippen LogP contribution < -0.4 is 5.32 Å². The number of piperidine rings is 1. The molecule has 4 heteroatoms. The van der Waals surface area contributed by atoms with Crippen molar-refractivity contribution in [3.63, 3.8) is 0 Å². The van der Waals surface area contributed by atoms with E-state index in [1.165, 1.54) is 6.42 Å². The predicted molar refractivity (Wildman–Crippen MR) is 87.9 cm³/mol. The summed E-state index contributed by atoms with van der Waals surface area (Å²) < 4.78 is 0. The highest BCUT2D eigenvalue weighted by Gasteiger charge is 2.25. The normalized spacial score (nSPS) is 18.0. The van der Waals surface area contributed by atoms with Crippen LogP contribution >= 0.6 is 0 Å². The van der Waals surface area contributed by atoms with Crippen LogP contribution in [-0.2, 0) is 4.79 Å². The van der Waals surface area contributed by atoms with E-state index in [1.54, 1.807) is 6.92 Å². The van der Waals surface area contributed by atoms with E-state index in [0.717, 1.165) is 36.5 Å². The van der Waals surface area contributed by atoms with Gasteiger partial charge >= 0.3 is 0 Å². The van der Waals surface area contributed by atoms with Crippen LogP contribution in [0.15, 0.2) is 48.7 Å². The Bertz CT molecular complexity index is 625. The van der Waals surface area contributed by atoms with E-state index in [2.05, 4.69) is 16.4 Å². The molecule has 0 saturated carbocycles. The van der Waals surface area contributed by atoms with Crippen LogP contribution in [0.4, 0.5) is 11.5 Å². The molecule has 4 nitrogen and oxygen atoms in total. The number of nitrogens with one attached hydrogen (secondary N) is 1. The van der Waals surface area contributed by atoms with Crippen molar-refractivity contribution in [3.05, 3.63) is 54.2 Å². The third kappa shape index (κ3) is 3.27. The lowest BCUT2D eigenvalue weighted by atomic mass is 9.96. The Labute approximate surface area is 131 Å². The fourth-order valence-electron chi connectivity index (χ4n) is 3.00. The highest BCUT2D eigenvalue weighted by molar-refractivity contribution is 5.74. The maximum absolute atomic E-state index is 11.8. The van der Waals surface area contributed by atoms with Crippen LogP contribution in [0, 0.1) is 0 Å². The Morgan fingerprint density at radius 2 is 2.00 bits per heavy atom. The molecule has 1 N–H and O–H groups in total.